The molecule has 1 heterocycles. The van der Waals surface area contributed by atoms with Crippen molar-refractivity contribution in [1.29, 1.82) is 5.26 Å². The molecule has 0 saturated carbocycles. The second-order valence-electron chi connectivity index (χ2n) is 7.61. The van der Waals surface area contributed by atoms with E-state index in [1.54, 1.807) is 35.2 Å². The van der Waals surface area contributed by atoms with E-state index in [4.69, 9.17) is 11.0 Å². The highest BCUT2D eigenvalue weighted by Gasteiger charge is 2.38. The fourth-order valence-electron chi connectivity index (χ4n) is 3.91. The summed E-state index contributed by atoms with van der Waals surface area (Å²) >= 11 is 0. The summed E-state index contributed by atoms with van der Waals surface area (Å²) in [5, 5.41) is 11.5. The van der Waals surface area contributed by atoms with Crippen molar-refractivity contribution in [3.05, 3.63) is 64.2 Å². The molecule has 0 bridgehead atoms. The van der Waals surface area contributed by atoms with E-state index in [-0.39, 0.29) is 31.8 Å². The van der Waals surface area contributed by atoms with Crippen LogP contribution in [-0.2, 0) is 12.1 Å². The molecule has 1 fully saturated rings. The first kappa shape index (κ1) is 21.3. The third-order valence-electron chi connectivity index (χ3n) is 5.69. The van der Waals surface area contributed by atoms with Gasteiger partial charge in [-0.2, -0.15) is 5.26 Å². The average molecular weight is 408 g/mol. The summed E-state index contributed by atoms with van der Waals surface area (Å²) in [6, 6.07) is 11.4. The predicted molar refractivity (Wildman–Crippen MR) is 113 cm³/mol. The molecule has 0 radical (unpaired) electrons. The lowest BCUT2D eigenvalue weighted by Crippen LogP contribution is -2.43. The van der Waals surface area contributed by atoms with Crippen molar-refractivity contribution in [1.82, 2.24) is 4.90 Å². The molecule has 0 aromatic heterocycles. The number of alkyl halides is 1. The molecule has 3 amide bonds. The summed E-state index contributed by atoms with van der Waals surface area (Å²) in [6.45, 7) is 4.36. The number of carbonyl (C=O) groups is 2. The maximum atomic E-state index is 15.5. The topological polar surface area (TPSA) is 99.2 Å². The Morgan fingerprint density at radius 1 is 1.23 bits per heavy atom. The molecule has 2 aromatic carbocycles. The van der Waals surface area contributed by atoms with E-state index in [0.717, 1.165) is 11.1 Å². The lowest BCUT2D eigenvalue weighted by Gasteiger charge is -2.37. The number of amides is 3. The molecule has 0 unspecified atom stereocenters. The van der Waals surface area contributed by atoms with Gasteiger partial charge in [-0.25, -0.2) is 9.18 Å². The quantitative estimate of drug-likeness (QED) is 0.799. The molecular weight excluding hydrogens is 383 g/mol. The van der Waals surface area contributed by atoms with Crippen molar-refractivity contribution in [2.24, 2.45) is 5.73 Å². The van der Waals surface area contributed by atoms with Crippen LogP contribution in [0.4, 0.5) is 14.9 Å². The second-order valence-corrected chi connectivity index (χ2v) is 7.61. The van der Waals surface area contributed by atoms with Gasteiger partial charge in [0.15, 0.2) is 0 Å². The second kappa shape index (κ2) is 8.54. The fraction of sp³-hybridized carbons (Fsp3) is 0.348. The van der Waals surface area contributed by atoms with E-state index in [2.05, 4.69) is 5.32 Å². The van der Waals surface area contributed by atoms with Gasteiger partial charge in [-0.3, -0.25) is 4.79 Å². The van der Waals surface area contributed by atoms with Gasteiger partial charge >= 0.3 is 6.03 Å². The Morgan fingerprint density at radius 2 is 1.87 bits per heavy atom. The maximum Gasteiger partial charge on any atom is 0.316 e. The molecule has 0 aliphatic carbocycles. The first-order valence-electron chi connectivity index (χ1n) is 9.96. The summed E-state index contributed by atoms with van der Waals surface area (Å²) in [6.07, 6.45) is 1.05. The number of hydrogen-bond donors (Lipinski definition) is 2. The van der Waals surface area contributed by atoms with Gasteiger partial charge in [0.1, 0.15) is 5.67 Å². The number of nitriles is 1. The van der Waals surface area contributed by atoms with Crippen LogP contribution >= 0.6 is 0 Å². The number of piperidine rings is 1. The Hall–Kier alpha value is -3.40. The van der Waals surface area contributed by atoms with Crippen LogP contribution in [0.25, 0.3) is 0 Å². The number of hydrogen-bond acceptors (Lipinski definition) is 3. The van der Waals surface area contributed by atoms with E-state index >= 15 is 4.39 Å². The summed E-state index contributed by atoms with van der Waals surface area (Å²) in [4.78, 5) is 26.1. The molecule has 3 rings (SSSR count). The number of aryl methyl sites for hydroxylation is 2. The number of benzene rings is 2. The van der Waals surface area contributed by atoms with Crippen molar-refractivity contribution < 1.29 is 14.0 Å². The minimum atomic E-state index is -1.52. The van der Waals surface area contributed by atoms with Crippen LogP contribution in [0.3, 0.4) is 0 Å². The minimum Gasteiger partial charge on any atom is -0.351 e. The molecule has 0 atom stereocenters. The van der Waals surface area contributed by atoms with Crippen molar-refractivity contribution in [2.75, 3.05) is 18.4 Å². The third kappa shape index (κ3) is 4.28. The standard InChI is InChI=1S/C23H25FN4O2/c1-3-17-12-15(2)19(13-20(17)27-22(26)30)21(29)28-10-8-23(24,9-11-28)18-6-4-16(14-25)5-7-18/h4-7,12-13H,3,8-11H2,1-2H3,(H3,26,27,30). The highest BCUT2D eigenvalue weighted by Crippen LogP contribution is 2.37. The van der Waals surface area contributed by atoms with Gasteiger partial charge in [0.2, 0.25) is 0 Å². The van der Waals surface area contributed by atoms with Crippen LogP contribution in [0.15, 0.2) is 36.4 Å². The number of likely N-dealkylation sites (tertiary alicyclic amines) is 1. The lowest BCUT2D eigenvalue weighted by atomic mass is 9.85. The Kier molecular flexibility index (Phi) is 6.06. The molecule has 156 valence electrons. The van der Waals surface area contributed by atoms with E-state index in [1.807, 2.05) is 26.0 Å². The Labute approximate surface area is 175 Å². The normalized spacial score (nSPS) is 15.3. The number of carbonyl (C=O) groups excluding carboxylic acids is 2. The molecule has 0 spiro atoms. The van der Waals surface area contributed by atoms with Crippen molar-refractivity contribution in [3.8, 4) is 6.07 Å². The molecule has 3 N–H and O–H groups in total. The number of urea groups is 1. The third-order valence-corrected chi connectivity index (χ3v) is 5.69. The first-order chi connectivity index (χ1) is 14.3. The molecule has 1 aliphatic rings. The predicted octanol–water partition coefficient (Wildman–Crippen LogP) is 4.02. The molecular formula is C23H25FN4O2. The number of nitrogens with two attached hydrogens (primary N) is 1. The minimum absolute atomic E-state index is 0.184. The smallest absolute Gasteiger partial charge is 0.316 e. The van der Waals surface area contributed by atoms with Gasteiger partial charge in [0.25, 0.3) is 5.91 Å². The fourth-order valence-corrected chi connectivity index (χ4v) is 3.91. The van der Waals surface area contributed by atoms with Crippen LogP contribution in [0.5, 0.6) is 0 Å². The Morgan fingerprint density at radius 3 is 2.40 bits per heavy atom. The zero-order valence-electron chi connectivity index (χ0n) is 17.2. The summed E-state index contributed by atoms with van der Waals surface area (Å²) in [5.74, 6) is -0.190. The Bertz CT molecular complexity index is 1000. The summed E-state index contributed by atoms with van der Waals surface area (Å²) < 4.78 is 15.5. The zero-order chi connectivity index (χ0) is 21.9. The van der Waals surface area contributed by atoms with E-state index in [9.17, 15) is 9.59 Å². The Balaban J connectivity index is 1.77. The van der Waals surface area contributed by atoms with Crippen LogP contribution in [-0.4, -0.2) is 29.9 Å². The van der Waals surface area contributed by atoms with Gasteiger partial charge in [-0.15, -0.1) is 0 Å². The summed E-state index contributed by atoms with van der Waals surface area (Å²) in [5.41, 5.74) is 7.44. The largest absolute Gasteiger partial charge is 0.351 e. The van der Waals surface area contributed by atoms with Crippen LogP contribution < -0.4 is 11.1 Å². The van der Waals surface area contributed by atoms with Gasteiger partial charge < -0.3 is 16.0 Å². The highest BCUT2D eigenvalue weighted by atomic mass is 19.1. The first-order valence-corrected chi connectivity index (χ1v) is 9.96. The van der Waals surface area contributed by atoms with Crippen LogP contribution in [0.2, 0.25) is 0 Å². The van der Waals surface area contributed by atoms with Crippen molar-refractivity contribution >= 4 is 17.6 Å². The number of anilines is 1. The number of rotatable bonds is 4. The van der Waals surface area contributed by atoms with Crippen LogP contribution in [0.1, 0.15) is 52.4 Å². The number of halogens is 1. The zero-order valence-corrected chi connectivity index (χ0v) is 17.2. The number of primary amides is 1. The van der Waals surface area contributed by atoms with E-state index in [0.29, 0.717) is 28.8 Å². The monoisotopic (exact) mass is 408 g/mol. The molecule has 7 heteroatoms. The molecule has 2 aromatic rings. The lowest BCUT2D eigenvalue weighted by molar-refractivity contribution is 0.0421. The van der Waals surface area contributed by atoms with Gasteiger partial charge in [-0.05, 0) is 48.2 Å². The SMILES string of the molecule is CCc1cc(C)c(C(=O)N2CCC(F)(c3ccc(C#N)cc3)CC2)cc1NC(N)=O. The van der Waals surface area contributed by atoms with Gasteiger partial charge in [-0.1, -0.05) is 25.1 Å². The number of nitrogens with zero attached hydrogens (tertiary/aromatic N) is 2. The highest BCUT2D eigenvalue weighted by molar-refractivity contribution is 5.98. The van der Waals surface area contributed by atoms with Gasteiger partial charge in [0, 0.05) is 37.2 Å². The maximum absolute atomic E-state index is 15.5. The molecule has 1 aliphatic heterocycles. The molecule has 1 saturated heterocycles. The van der Waals surface area contributed by atoms with Crippen molar-refractivity contribution in [2.45, 2.75) is 38.8 Å². The van der Waals surface area contributed by atoms with Crippen molar-refractivity contribution in [3.63, 3.8) is 0 Å². The van der Waals surface area contributed by atoms with E-state index in [1.165, 1.54) is 0 Å². The molecule has 6 nitrogen and oxygen atoms in total. The van der Waals surface area contributed by atoms with Crippen LogP contribution in [0, 0.1) is 18.3 Å². The molecule has 30 heavy (non-hydrogen) atoms. The summed E-state index contributed by atoms with van der Waals surface area (Å²) in [7, 11) is 0. The number of nitrogens with one attached hydrogen (secondary N) is 1. The van der Waals surface area contributed by atoms with E-state index < -0.39 is 11.7 Å². The van der Waals surface area contributed by atoms with Gasteiger partial charge in [0.05, 0.1) is 11.6 Å². The average Bonchev–Trinajstić information content (AvgIpc) is 2.74.